The Morgan fingerprint density at radius 1 is 1.11 bits per heavy atom. The number of ketones is 1. The standard InChI is InChI=1S/C19H21BrN2O3S2/c20-16-7-5-15(6-8-16)18(23)4-3-13-26-19-10-9-17(14-21-19)27(24,25)22-11-1-2-12-22/h5-10,14H,1-4,11-13H2. The van der Waals surface area contributed by atoms with Gasteiger partial charge >= 0.3 is 0 Å². The van der Waals surface area contributed by atoms with E-state index >= 15 is 0 Å². The molecule has 3 rings (SSSR count). The molecule has 1 aromatic heterocycles. The molecule has 2 aromatic rings. The number of sulfonamides is 1. The largest absolute Gasteiger partial charge is 0.294 e. The van der Waals surface area contributed by atoms with E-state index in [1.807, 2.05) is 24.3 Å². The van der Waals surface area contributed by atoms with E-state index in [-0.39, 0.29) is 10.7 Å². The lowest BCUT2D eigenvalue weighted by Gasteiger charge is -2.15. The van der Waals surface area contributed by atoms with Gasteiger partial charge in [0.15, 0.2) is 5.78 Å². The first-order valence-corrected chi connectivity index (χ1v) is 12.1. The molecular weight excluding hydrogens is 448 g/mol. The highest BCUT2D eigenvalue weighted by atomic mass is 79.9. The van der Waals surface area contributed by atoms with E-state index in [0.29, 0.717) is 19.5 Å². The Morgan fingerprint density at radius 3 is 2.44 bits per heavy atom. The van der Waals surface area contributed by atoms with Crippen LogP contribution in [-0.2, 0) is 10.0 Å². The lowest BCUT2D eigenvalue weighted by Crippen LogP contribution is -2.27. The van der Waals surface area contributed by atoms with Crippen LogP contribution in [-0.4, -0.2) is 42.3 Å². The number of hydrogen-bond acceptors (Lipinski definition) is 5. The minimum atomic E-state index is -3.41. The summed E-state index contributed by atoms with van der Waals surface area (Å²) in [6.07, 6.45) is 4.49. The minimum Gasteiger partial charge on any atom is -0.294 e. The summed E-state index contributed by atoms with van der Waals surface area (Å²) in [4.78, 5) is 16.7. The van der Waals surface area contributed by atoms with Crippen LogP contribution in [0, 0.1) is 0 Å². The van der Waals surface area contributed by atoms with E-state index in [4.69, 9.17) is 0 Å². The van der Waals surface area contributed by atoms with Gasteiger partial charge in [0, 0.05) is 35.7 Å². The molecule has 0 unspecified atom stereocenters. The van der Waals surface area contributed by atoms with Crippen molar-refractivity contribution in [1.82, 2.24) is 9.29 Å². The maximum atomic E-state index is 12.5. The fourth-order valence-corrected chi connectivity index (χ4v) is 5.39. The molecule has 0 radical (unpaired) electrons. The topological polar surface area (TPSA) is 67.3 Å². The van der Waals surface area contributed by atoms with Crippen LogP contribution < -0.4 is 0 Å². The van der Waals surface area contributed by atoms with Crippen LogP contribution >= 0.6 is 27.7 Å². The van der Waals surface area contributed by atoms with Crippen molar-refractivity contribution in [3.8, 4) is 0 Å². The van der Waals surface area contributed by atoms with Crippen molar-refractivity contribution in [2.24, 2.45) is 0 Å². The van der Waals surface area contributed by atoms with E-state index in [0.717, 1.165) is 40.1 Å². The third-order valence-electron chi connectivity index (χ3n) is 4.38. The molecule has 1 saturated heterocycles. The average Bonchev–Trinajstić information content (AvgIpc) is 3.22. The molecule has 0 spiro atoms. The van der Waals surface area contributed by atoms with E-state index < -0.39 is 10.0 Å². The van der Waals surface area contributed by atoms with Crippen molar-refractivity contribution in [3.05, 3.63) is 52.6 Å². The molecule has 1 aliphatic rings. The number of carbonyl (C=O) groups excluding carboxylic acids is 1. The van der Waals surface area contributed by atoms with Gasteiger partial charge in [-0.3, -0.25) is 4.79 Å². The SMILES string of the molecule is O=C(CCCSc1ccc(S(=O)(=O)N2CCCC2)cn1)c1ccc(Br)cc1. The predicted molar refractivity (Wildman–Crippen MR) is 111 cm³/mol. The molecule has 0 atom stereocenters. The zero-order valence-electron chi connectivity index (χ0n) is 14.8. The molecule has 144 valence electrons. The summed E-state index contributed by atoms with van der Waals surface area (Å²) in [5, 5.41) is 0.770. The van der Waals surface area contributed by atoms with Crippen LogP contribution in [0.2, 0.25) is 0 Å². The number of thioether (sulfide) groups is 1. The van der Waals surface area contributed by atoms with Crippen molar-refractivity contribution < 1.29 is 13.2 Å². The summed E-state index contributed by atoms with van der Waals surface area (Å²) in [6.45, 7) is 1.18. The van der Waals surface area contributed by atoms with E-state index in [9.17, 15) is 13.2 Å². The third kappa shape index (κ3) is 5.40. The van der Waals surface area contributed by atoms with Crippen LogP contribution in [0.1, 0.15) is 36.0 Å². The van der Waals surface area contributed by atoms with E-state index in [1.54, 1.807) is 12.1 Å². The number of rotatable bonds is 8. The number of benzene rings is 1. The number of carbonyl (C=O) groups is 1. The summed E-state index contributed by atoms with van der Waals surface area (Å²) >= 11 is 4.89. The quantitative estimate of drug-likeness (QED) is 0.326. The smallest absolute Gasteiger partial charge is 0.244 e. The van der Waals surface area contributed by atoms with Gasteiger partial charge in [-0.2, -0.15) is 4.31 Å². The minimum absolute atomic E-state index is 0.128. The Bertz CT molecular complexity index is 878. The highest BCUT2D eigenvalue weighted by Crippen LogP contribution is 2.23. The average molecular weight is 469 g/mol. The molecule has 0 aliphatic carbocycles. The fraction of sp³-hybridized carbons (Fsp3) is 0.368. The zero-order valence-corrected chi connectivity index (χ0v) is 18.0. The van der Waals surface area contributed by atoms with Crippen molar-refractivity contribution in [2.45, 2.75) is 35.6 Å². The second-order valence-electron chi connectivity index (χ2n) is 6.33. The Kier molecular flexibility index (Phi) is 7.08. The molecule has 0 bridgehead atoms. The van der Waals surface area contributed by atoms with Gasteiger partial charge in [-0.05, 0) is 49.3 Å². The van der Waals surface area contributed by atoms with Crippen molar-refractivity contribution >= 4 is 43.5 Å². The van der Waals surface area contributed by atoms with E-state index in [2.05, 4.69) is 20.9 Å². The Labute approximate surface area is 172 Å². The highest BCUT2D eigenvalue weighted by Gasteiger charge is 2.27. The first kappa shape index (κ1) is 20.5. The fourth-order valence-electron chi connectivity index (χ4n) is 2.87. The first-order chi connectivity index (χ1) is 13.0. The second kappa shape index (κ2) is 9.32. The predicted octanol–water partition coefficient (Wildman–Crippen LogP) is 4.38. The first-order valence-electron chi connectivity index (χ1n) is 8.84. The van der Waals surface area contributed by atoms with Crippen molar-refractivity contribution in [1.29, 1.82) is 0 Å². The molecule has 2 heterocycles. The monoisotopic (exact) mass is 468 g/mol. The van der Waals surface area contributed by atoms with Crippen molar-refractivity contribution in [3.63, 3.8) is 0 Å². The molecule has 0 N–H and O–H groups in total. The lowest BCUT2D eigenvalue weighted by molar-refractivity contribution is 0.0982. The third-order valence-corrected chi connectivity index (χ3v) is 7.82. The van der Waals surface area contributed by atoms with Crippen LogP contribution in [0.5, 0.6) is 0 Å². The van der Waals surface area contributed by atoms with Gasteiger partial charge in [0.05, 0.1) is 5.03 Å². The van der Waals surface area contributed by atoms with Gasteiger partial charge in [-0.25, -0.2) is 13.4 Å². The maximum Gasteiger partial charge on any atom is 0.244 e. The van der Waals surface area contributed by atoms with Crippen molar-refractivity contribution in [2.75, 3.05) is 18.8 Å². The molecule has 1 aromatic carbocycles. The number of halogens is 1. The van der Waals surface area contributed by atoms with Gasteiger partial charge < -0.3 is 0 Å². The molecule has 1 aliphatic heterocycles. The van der Waals surface area contributed by atoms with Crippen LogP contribution in [0.15, 0.2) is 57.0 Å². The summed E-state index contributed by atoms with van der Waals surface area (Å²) in [6, 6.07) is 10.7. The number of Topliss-reactive ketones (excluding diaryl/α,β-unsaturated/α-hetero) is 1. The summed E-state index contributed by atoms with van der Waals surface area (Å²) < 4.78 is 27.4. The molecule has 0 saturated carbocycles. The molecule has 8 heteroatoms. The summed E-state index contributed by atoms with van der Waals surface area (Å²) in [5.74, 6) is 0.885. The zero-order chi connectivity index (χ0) is 19.3. The molecular formula is C19H21BrN2O3S2. The number of nitrogens with zero attached hydrogens (tertiary/aromatic N) is 2. The van der Waals surface area contributed by atoms with Crippen LogP contribution in [0.4, 0.5) is 0 Å². The molecule has 5 nitrogen and oxygen atoms in total. The van der Waals surface area contributed by atoms with Gasteiger partial charge in [-0.1, -0.05) is 28.1 Å². The molecule has 27 heavy (non-hydrogen) atoms. The Balaban J connectivity index is 1.47. The molecule has 0 amide bonds. The molecule has 1 fully saturated rings. The van der Waals surface area contributed by atoms with Gasteiger partial charge in [-0.15, -0.1) is 11.8 Å². The van der Waals surface area contributed by atoms with Gasteiger partial charge in [0.25, 0.3) is 0 Å². The van der Waals surface area contributed by atoms with Gasteiger partial charge in [0.1, 0.15) is 4.90 Å². The summed E-state index contributed by atoms with van der Waals surface area (Å²) in [5.41, 5.74) is 0.720. The normalized spacial score (nSPS) is 15.1. The number of pyridine rings is 1. The lowest BCUT2D eigenvalue weighted by atomic mass is 10.1. The van der Waals surface area contributed by atoms with Crippen LogP contribution in [0.25, 0.3) is 0 Å². The van der Waals surface area contributed by atoms with Gasteiger partial charge in [0.2, 0.25) is 10.0 Å². The Hall–Kier alpha value is -1.22. The maximum absolute atomic E-state index is 12.5. The van der Waals surface area contributed by atoms with Crippen LogP contribution in [0.3, 0.4) is 0 Å². The van der Waals surface area contributed by atoms with E-state index in [1.165, 1.54) is 22.3 Å². The Morgan fingerprint density at radius 2 is 1.81 bits per heavy atom. The number of aromatic nitrogens is 1. The number of hydrogen-bond donors (Lipinski definition) is 0. The second-order valence-corrected chi connectivity index (χ2v) is 10.3. The highest BCUT2D eigenvalue weighted by molar-refractivity contribution is 9.10. The summed E-state index contributed by atoms with van der Waals surface area (Å²) in [7, 11) is -3.41.